The summed E-state index contributed by atoms with van der Waals surface area (Å²) in [5.41, 5.74) is 6.45. The van der Waals surface area contributed by atoms with Gasteiger partial charge in [-0.1, -0.05) is 53.7 Å². The molecule has 4 aromatic rings. The number of halogens is 1. The van der Waals surface area contributed by atoms with Crippen LogP contribution in [-0.2, 0) is 4.79 Å². The van der Waals surface area contributed by atoms with E-state index in [1.54, 1.807) is 6.21 Å². The third kappa shape index (κ3) is 6.33. The van der Waals surface area contributed by atoms with E-state index in [0.717, 1.165) is 35.6 Å². The lowest BCUT2D eigenvalue weighted by molar-refractivity contribution is -0.118. The summed E-state index contributed by atoms with van der Waals surface area (Å²) in [4.78, 5) is 14.7. The Morgan fingerprint density at radius 3 is 2.36 bits per heavy atom. The van der Waals surface area contributed by atoms with Crippen molar-refractivity contribution in [1.29, 1.82) is 0 Å². The molecule has 0 aliphatic rings. The van der Waals surface area contributed by atoms with Crippen molar-refractivity contribution in [3.63, 3.8) is 0 Å². The number of aromatic nitrogens is 3. The zero-order chi connectivity index (χ0) is 25.3. The summed E-state index contributed by atoms with van der Waals surface area (Å²) in [7, 11) is 0. The minimum absolute atomic E-state index is 0.143. The molecule has 0 saturated heterocycles. The lowest BCUT2D eigenvalue weighted by atomic mass is 10.2. The number of carbonyl (C=O) groups is 1. The highest BCUT2D eigenvalue weighted by Gasteiger charge is 2.17. The number of nitrogens with one attached hydrogen (secondary N) is 1. The van der Waals surface area contributed by atoms with E-state index in [1.807, 2.05) is 71.3 Å². The van der Waals surface area contributed by atoms with E-state index in [2.05, 4.69) is 51.6 Å². The van der Waals surface area contributed by atoms with Crippen molar-refractivity contribution in [2.75, 3.05) is 23.7 Å². The Bertz CT molecular complexity index is 1300. The fourth-order valence-electron chi connectivity index (χ4n) is 3.66. The van der Waals surface area contributed by atoms with Crippen LogP contribution in [0.5, 0.6) is 0 Å². The molecule has 3 aromatic carbocycles. The van der Waals surface area contributed by atoms with Crippen LogP contribution < -0.4 is 10.3 Å². The van der Waals surface area contributed by atoms with Gasteiger partial charge in [0, 0.05) is 35.1 Å². The van der Waals surface area contributed by atoms with Crippen LogP contribution in [0, 0.1) is 0 Å². The molecule has 0 bridgehead atoms. The molecule has 0 atom stereocenters. The van der Waals surface area contributed by atoms with Gasteiger partial charge in [0.25, 0.3) is 5.91 Å². The molecule has 1 N–H and O–H groups in total. The summed E-state index contributed by atoms with van der Waals surface area (Å²) in [6.45, 7) is 6.17. The highest BCUT2D eigenvalue weighted by Crippen LogP contribution is 2.28. The summed E-state index contributed by atoms with van der Waals surface area (Å²) in [5, 5.41) is 14.1. The van der Waals surface area contributed by atoms with E-state index in [-0.39, 0.29) is 11.7 Å². The van der Waals surface area contributed by atoms with Crippen molar-refractivity contribution in [3.8, 4) is 17.1 Å². The molecule has 0 spiro atoms. The van der Waals surface area contributed by atoms with E-state index >= 15 is 0 Å². The van der Waals surface area contributed by atoms with Crippen LogP contribution in [0.1, 0.15) is 19.4 Å². The first kappa shape index (κ1) is 25.5. The maximum Gasteiger partial charge on any atom is 0.250 e. The molecular formula is C27H27ClN6OS. The van der Waals surface area contributed by atoms with Crippen LogP contribution in [0.15, 0.2) is 89.1 Å². The summed E-state index contributed by atoms with van der Waals surface area (Å²) in [5.74, 6) is 0.586. The van der Waals surface area contributed by atoms with E-state index in [9.17, 15) is 4.79 Å². The average Bonchev–Trinajstić information content (AvgIpc) is 3.34. The van der Waals surface area contributed by atoms with Gasteiger partial charge < -0.3 is 4.90 Å². The molecule has 9 heteroatoms. The molecule has 0 unspecified atom stereocenters. The fraction of sp³-hybridized carbons (Fsp3) is 0.185. The average molecular weight is 519 g/mol. The van der Waals surface area contributed by atoms with Gasteiger partial charge in [-0.15, -0.1) is 10.2 Å². The third-order valence-corrected chi connectivity index (χ3v) is 6.69. The molecule has 1 aromatic heterocycles. The number of hydrogen-bond acceptors (Lipinski definition) is 6. The van der Waals surface area contributed by atoms with Crippen LogP contribution in [0.25, 0.3) is 17.1 Å². The number of thioether (sulfide) groups is 1. The summed E-state index contributed by atoms with van der Waals surface area (Å²) in [6.07, 6.45) is 1.64. The van der Waals surface area contributed by atoms with Gasteiger partial charge in [0.15, 0.2) is 11.0 Å². The van der Waals surface area contributed by atoms with Gasteiger partial charge in [-0.2, -0.15) is 5.10 Å². The van der Waals surface area contributed by atoms with Crippen molar-refractivity contribution >= 4 is 41.2 Å². The van der Waals surface area contributed by atoms with E-state index in [4.69, 9.17) is 11.6 Å². The standard InChI is InChI=1S/C27H27ClN6OS/c1-3-33(4-2)23-16-10-20(11-17-23)18-29-30-25(35)19-36-27-32-31-26(21-12-14-22(28)15-13-21)34(27)24-8-6-5-7-9-24/h5-18H,3-4,19H2,1-2H3,(H,30,35). The normalized spacial score (nSPS) is 11.1. The summed E-state index contributed by atoms with van der Waals surface area (Å²) in [6, 6.07) is 25.3. The molecule has 1 heterocycles. The molecule has 4 rings (SSSR count). The van der Waals surface area contributed by atoms with Crippen LogP contribution in [0.3, 0.4) is 0 Å². The van der Waals surface area contributed by atoms with Crippen LogP contribution in [0.4, 0.5) is 5.69 Å². The Balaban J connectivity index is 1.42. The molecule has 184 valence electrons. The molecule has 0 aliphatic heterocycles. The monoisotopic (exact) mass is 518 g/mol. The second kappa shape index (κ2) is 12.4. The first-order chi connectivity index (χ1) is 17.6. The van der Waals surface area contributed by atoms with E-state index in [0.29, 0.717) is 16.0 Å². The van der Waals surface area contributed by atoms with Gasteiger partial charge in [-0.05, 0) is 67.9 Å². The van der Waals surface area contributed by atoms with Gasteiger partial charge in [-0.3, -0.25) is 9.36 Å². The Labute approximate surface area is 220 Å². The SMILES string of the molecule is CCN(CC)c1ccc(C=NNC(=O)CSc2nnc(-c3ccc(Cl)cc3)n2-c2ccccc2)cc1. The van der Waals surface area contributed by atoms with Crippen LogP contribution in [-0.4, -0.2) is 45.7 Å². The van der Waals surface area contributed by atoms with Crippen LogP contribution in [0.2, 0.25) is 5.02 Å². The Morgan fingerprint density at radius 1 is 1.00 bits per heavy atom. The maximum absolute atomic E-state index is 12.5. The second-order valence-electron chi connectivity index (χ2n) is 7.83. The number of para-hydroxylation sites is 1. The minimum Gasteiger partial charge on any atom is -0.372 e. The largest absolute Gasteiger partial charge is 0.372 e. The number of carbonyl (C=O) groups excluding carboxylic acids is 1. The van der Waals surface area contributed by atoms with Crippen molar-refractivity contribution < 1.29 is 4.79 Å². The summed E-state index contributed by atoms with van der Waals surface area (Å²) < 4.78 is 1.93. The molecule has 0 fully saturated rings. The van der Waals surface area contributed by atoms with Gasteiger partial charge in [0.05, 0.1) is 12.0 Å². The van der Waals surface area contributed by atoms with E-state index in [1.165, 1.54) is 11.8 Å². The predicted molar refractivity (Wildman–Crippen MR) is 148 cm³/mol. The zero-order valence-electron chi connectivity index (χ0n) is 20.1. The Morgan fingerprint density at radius 2 is 1.69 bits per heavy atom. The first-order valence-electron chi connectivity index (χ1n) is 11.7. The quantitative estimate of drug-likeness (QED) is 0.166. The zero-order valence-corrected chi connectivity index (χ0v) is 21.7. The van der Waals surface area contributed by atoms with Gasteiger partial charge in [-0.25, -0.2) is 5.43 Å². The fourth-order valence-corrected chi connectivity index (χ4v) is 4.53. The molecule has 36 heavy (non-hydrogen) atoms. The number of benzene rings is 3. The number of hydrazone groups is 1. The number of amides is 1. The van der Waals surface area contributed by atoms with Crippen LogP contribution >= 0.6 is 23.4 Å². The van der Waals surface area contributed by atoms with Gasteiger partial charge >= 0.3 is 0 Å². The van der Waals surface area contributed by atoms with Gasteiger partial charge in [0.2, 0.25) is 0 Å². The van der Waals surface area contributed by atoms with Crippen molar-refractivity contribution in [2.24, 2.45) is 5.10 Å². The Hall–Kier alpha value is -3.62. The molecule has 0 radical (unpaired) electrons. The number of hydrogen-bond donors (Lipinski definition) is 1. The maximum atomic E-state index is 12.5. The second-order valence-corrected chi connectivity index (χ2v) is 9.21. The topological polar surface area (TPSA) is 75.4 Å². The molecule has 0 saturated carbocycles. The minimum atomic E-state index is -0.230. The lowest BCUT2D eigenvalue weighted by Crippen LogP contribution is -2.21. The van der Waals surface area contributed by atoms with Crippen molar-refractivity contribution in [1.82, 2.24) is 20.2 Å². The van der Waals surface area contributed by atoms with Crippen molar-refractivity contribution in [3.05, 3.63) is 89.4 Å². The molecule has 0 aliphatic carbocycles. The van der Waals surface area contributed by atoms with Crippen molar-refractivity contribution in [2.45, 2.75) is 19.0 Å². The number of nitrogens with zero attached hydrogens (tertiary/aromatic N) is 5. The molecule has 7 nitrogen and oxygen atoms in total. The predicted octanol–water partition coefficient (Wildman–Crippen LogP) is 5.68. The first-order valence-corrected chi connectivity index (χ1v) is 13.0. The summed E-state index contributed by atoms with van der Waals surface area (Å²) >= 11 is 7.35. The number of rotatable bonds is 10. The highest BCUT2D eigenvalue weighted by molar-refractivity contribution is 7.99. The lowest BCUT2D eigenvalue weighted by Gasteiger charge is -2.20. The molecular weight excluding hydrogens is 492 g/mol. The highest BCUT2D eigenvalue weighted by atomic mass is 35.5. The smallest absolute Gasteiger partial charge is 0.250 e. The third-order valence-electron chi connectivity index (χ3n) is 5.51. The van der Waals surface area contributed by atoms with Gasteiger partial charge in [0.1, 0.15) is 0 Å². The Kier molecular flexibility index (Phi) is 8.76. The molecule has 1 amide bonds. The number of anilines is 1. The van der Waals surface area contributed by atoms with E-state index < -0.39 is 0 Å².